The number of benzene rings is 1. The van der Waals surface area contributed by atoms with E-state index in [1.165, 1.54) is 13.3 Å². The van der Waals surface area contributed by atoms with Gasteiger partial charge in [-0.3, -0.25) is 10.1 Å². The number of methoxy groups -OCH3 is 1. The number of carbonyl (C=O) groups is 2. The van der Waals surface area contributed by atoms with E-state index in [-0.39, 0.29) is 15.6 Å². The fourth-order valence-electron chi connectivity index (χ4n) is 1.62. The minimum absolute atomic E-state index is 0.146. The van der Waals surface area contributed by atoms with E-state index in [0.717, 1.165) is 17.8 Å². The molecule has 0 aromatic heterocycles. The third-order valence-electron chi connectivity index (χ3n) is 2.80. The zero-order valence-electron chi connectivity index (χ0n) is 12.2. The normalized spacial score (nSPS) is 17.8. The van der Waals surface area contributed by atoms with Gasteiger partial charge in [-0.15, -0.1) is 5.10 Å². The van der Waals surface area contributed by atoms with Crippen LogP contribution in [0.15, 0.2) is 37.8 Å². The first-order valence-corrected chi connectivity index (χ1v) is 9.12. The number of esters is 1. The average molecular weight is 479 g/mol. The summed E-state index contributed by atoms with van der Waals surface area (Å²) < 4.78 is 19.3. The van der Waals surface area contributed by atoms with Crippen LogP contribution in [0.3, 0.4) is 0 Å². The fraction of sp³-hybridized carbons (Fsp3) is 0.143. The number of amidine groups is 1. The summed E-state index contributed by atoms with van der Waals surface area (Å²) in [6.07, 6.45) is 2.30. The van der Waals surface area contributed by atoms with Crippen molar-refractivity contribution in [2.24, 2.45) is 10.2 Å². The second-order valence-corrected chi connectivity index (χ2v) is 6.75. The minimum atomic E-state index is -0.642. The molecule has 24 heavy (non-hydrogen) atoms. The first-order chi connectivity index (χ1) is 11.5. The zero-order valence-corrected chi connectivity index (χ0v) is 16.2. The molecule has 2 rings (SSSR count). The van der Waals surface area contributed by atoms with Crippen molar-refractivity contribution in [1.82, 2.24) is 5.32 Å². The van der Waals surface area contributed by atoms with E-state index in [1.54, 1.807) is 12.1 Å². The van der Waals surface area contributed by atoms with Crippen molar-refractivity contribution >= 4 is 66.9 Å². The molecule has 0 saturated carbocycles. The van der Waals surface area contributed by atoms with Gasteiger partial charge < -0.3 is 4.74 Å². The lowest BCUT2D eigenvalue weighted by Crippen LogP contribution is -2.19. The highest BCUT2D eigenvalue weighted by atomic mass is 79.9. The molecule has 0 spiro atoms. The molecule has 0 radical (unpaired) electrons. The summed E-state index contributed by atoms with van der Waals surface area (Å²) in [5.74, 6) is -1.54. The van der Waals surface area contributed by atoms with Gasteiger partial charge in [0.1, 0.15) is 5.82 Å². The van der Waals surface area contributed by atoms with Crippen LogP contribution in [0.5, 0.6) is 0 Å². The van der Waals surface area contributed by atoms with Crippen LogP contribution in [0.25, 0.3) is 0 Å². The predicted molar refractivity (Wildman–Crippen MR) is 97.6 cm³/mol. The maximum atomic E-state index is 14.2. The molecule has 1 fully saturated rings. The minimum Gasteiger partial charge on any atom is -0.466 e. The molecule has 0 atom stereocenters. The molecule has 0 unspecified atom stereocenters. The Balaban J connectivity index is 2.15. The molecule has 126 valence electrons. The smallest absolute Gasteiger partial charge is 0.331 e. The van der Waals surface area contributed by atoms with Crippen molar-refractivity contribution in [2.75, 3.05) is 7.11 Å². The Hall–Kier alpha value is -1.52. The summed E-state index contributed by atoms with van der Waals surface area (Å²) in [6.45, 7) is 0. The van der Waals surface area contributed by atoms with Gasteiger partial charge in [-0.2, -0.15) is 5.10 Å². The van der Waals surface area contributed by atoms with Crippen LogP contribution in [0.4, 0.5) is 4.39 Å². The van der Waals surface area contributed by atoms with Crippen molar-refractivity contribution < 1.29 is 18.7 Å². The van der Waals surface area contributed by atoms with Crippen LogP contribution in [0, 0.1) is 5.82 Å². The molecular weight excluding hydrogens is 469 g/mol. The lowest BCUT2D eigenvalue weighted by atomic mass is 10.1. The zero-order chi connectivity index (χ0) is 17.7. The standard InChI is InChI=1S/C14H10Br2FN3O3S/c1-23-11(21)4-10-13(22)19-14(24-10)20-18-6-7-2-3-9(16)8(5-15)12(7)17/h2-4,6H,5H2,1H3,(H,19,20,22)/b10-4+,18-6?. The van der Waals surface area contributed by atoms with Crippen LogP contribution >= 0.6 is 43.6 Å². The van der Waals surface area contributed by atoms with Crippen molar-refractivity contribution in [1.29, 1.82) is 0 Å². The fourth-order valence-corrected chi connectivity index (χ4v) is 3.73. The van der Waals surface area contributed by atoms with Gasteiger partial charge in [0.2, 0.25) is 0 Å². The number of hydrogen-bond acceptors (Lipinski definition) is 6. The maximum Gasteiger partial charge on any atom is 0.331 e. The first-order valence-electron chi connectivity index (χ1n) is 6.39. The molecule has 0 bridgehead atoms. The molecule has 1 saturated heterocycles. The third-order valence-corrected chi connectivity index (χ3v) is 5.00. The summed E-state index contributed by atoms with van der Waals surface area (Å²) in [7, 11) is 1.21. The molecule has 10 heteroatoms. The van der Waals surface area contributed by atoms with Crippen LogP contribution in [-0.4, -0.2) is 30.4 Å². The van der Waals surface area contributed by atoms with Gasteiger partial charge in [-0.1, -0.05) is 31.9 Å². The molecule has 1 heterocycles. The van der Waals surface area contributed by atoms with Crippen molar-refractivity contribution in [3.63, 3.8) is 0 Å². The Labute approximate surface area is 157 Å². The van der Waals surface area contributed by atoms with Gasteiger partial charge in [0, 0.05) is 27.0 Å². The van der Waals surface area contributed by atoms with E-state index in [9.17, 15) is 14.0 Å². The largest absolute Gasteiger partial charge is 0.466 e. The quantitative estimate of drug-likeness (QED) is 0.237. The maximum absolute atomic E-state index is 14.2. The number of nitrogens with zero attached hydrogens (tertiary/aromatic N) is 2. The van der Waals surface area contributed by atoms with E-state index in [1.807, 2.05) is 0 Å². The number of amides is 1. The van der Waals surface area contributed by atoms with Crippen LogP contribution in [0.2, 0.25) is 0 Å². The Morgan fingerprint density at radius 3 is 2.92 bits per heavy atom. The number of halogens is 3. The molecule has 0 aliphatic carbocycles. The van der Waals surface area contributed by atoms with Gasteiger partial charge in [-0.25, -0.2) is 9.18 Å². The number of rotatable bonds is 4. The van der Waals surface area contributed by atoms with Crippen LogP contribution in [-0.2, 0) is 19.7 Å². The Bertz CT molecular complexity index is 781. The number of ether oxygens (including phenoxy) is 1. The monoisotopic (exact) mass is 477 g/mol. The van der Waals surface area contributed by atoms with Gasteiger partial charge >= 0.3 is 5.97 Å². The summed E-state index contributed by atoms with van der Waals surface area (Å²) in [5, 5.41) is 10.6. The highest BCUT2D eigenvalue weighted by Gasteiger charge is 2.25. The van der Waals surface area contributed by atoms with Gasteiger partial charge in [0.15, 0.2) is 5.17 Å². The molecule has 6 nitrogen and oxygen atoms in total. The predicted octanol–water partition coefficient (Wildman–Crippen LogP) is 3.09. The van der Waals surface area contributed by atoms with Gasteiger partial charge in [0.25, 0.3) is 5.91 Å². The highest BCUT2D eigenvalue weighted by Crippen LogP contribution is 2.25. The van der Waals surface area contributed by atoms with Crippen molar-refractivity contribution in [3.8, 4) is 0 Å². The molecule has 1 aliphatic heterocycles. The number of carbonyl (C=O) groups excluding carboxylic acids is 2. The van der Waals surface area contributed by atoms with E-state index in [0.29, 0.717) is 15.4 Å². The van der Waals surface area contributed by atoms with Crippen LogP contribution < -0.4 is 5.32 Å². The molecule has 1 N–H and O–H groups in total. The highest BCUT2D eigenvalue weighted by molar-refractivity contribution is 9.10. The van der Waals surface area contributed by atoms with Gasteiger partial charge in [-0.05, 0) is 23.9 Å². The topological polar surface area (TPSA) is 80.1 Å². The summed E-state index contributed by atoms with van der Waals surface area (Å²) >= 11 is 7.42. The first kappa shape index (κ1) is 18.8. The lowest BCUT2D eigenvalue weighted by Gasteiger charge is -2.04. The van der Waals surface area contributed by atoms with E-state index in [2.05, 4.69) is 52.1 Å². The number of thioether (sulfide) groups is 1. The van der Waals surface area contributed by atoms with E-state index >= 15 is 0 Å². The molecular formula is C14H10Br2FN3O3S. The summed E-state index contributed by atoms with van der Waals surface area (Å²) in [4.78, 5) is 22.9. The summed E-state index contributed by atoms with van der Waals surface area (Å²) in [6, 6.07) is 3.26. The number of alkyl halides is 1. The van der Waals surface area contributed by atoms with E-state index < -0.39 is 17.7 Å². The number of nitrogens with one attached hydrogen (secondary N) is 1. The molecule has 1 aliphatic rings. The summed E-state index contributed by atoms with van der Waals surface area (Å²) in [5.41, 5.74) is 0.732. The molecule has 1 amide bonds. The Kier molecular flexibility index (Phi) is 6.69. The second kappa shape index (κ2) is 8.54. The molecule has 1 aromatic rings. The SMILES string of the molecule is COC(=O)/C=C1/S/C(=N\N=Cc2ccc(Br)c(CBr)c2F)NC1=O. The van der Waals surface area contributed by atoms with Crippen molar-refractivity contribution in [2.45, 2.75) is 5.33 Å². The van der Waals surface area contributed by atoms with Crippen LogP contribution in [0.1, 0.15) is 11.1 Å². The second-order valence-electron chi connectivity index (χ2n) is 4.30. The Morgan fingerprint density at radius 1 is 1.50 bits per heavy atom. The van der Waals surface area contributed by atoms with E-state index in [4.69, 9.17) is 0 Å². The third kappa shape index (κ3) is 4.52. The lowest BCUT2D eigenvalue weighted by molar-refractivity contribution is -0.135. The Morgan fingerprint density at radius 2 is 2.25 bits per heavy atom. The number of hydrogen-bond donors (Lipinski definition) is 1. The average Bonchev–Trinajstić information content (AvgIpc) is 2.89. The van der Waals surface area contributed by atoms with Crippen molar-refractivity contribution in [3.05, 3.63) is 44.5 Å². The van der Waals surface area contributed by atoms with Gasteiger partial charge in [0.05, 0.1) is 18.2 Å². The molecule has 1 aromatic carbocycles.